The minimum absolute atomic E-state index is 0.106. The van der Waals surface area contributed by atoms with Crippen molar-refractivity contribution in [3.8, 4) is 0 Å². The zero-order valence-corrected chi connectivity index (χ0v) is 63.6. The Balaban J connectivity index is 5.16. The van der Waals surface area contributed by atoms with Gasteiger partial charge in [0, 0.05) is 25.7 Å². The van der Waals surface area contributed by atoms with Crippen molar-refractivity contribution in [1.29, 1.82) is 0 Å². The summed E-state index contributed by atoms with van der Waals surface area (Å²) in [7, 11) is -9.90. The smallest absolute Gasteiger partial charge is 0.462 e. The Hall–Kier alpha value is -1.94. The average molecular weight is 1400 g/mol. The number of phosphoric ester groups is 2. The maximum atomic E-state index is 13.1. The molecule has 3 N–H and O–H groups in total. The summed E-state index contributed by atoms with van der Waals surface area (Å²) in [5.41, 5.74) is 0. The third kappa shape index (κ3) is 69.0. The SMILES string of the molecule is CCCCCCCCCCCCCCCCCCCCCCC(=O)O[C@H](COC(=O)CCCCCCCCCCCCCCCCC(C)CC)COP(=O)(O)OC[C@@H](O)COP(=O)(O)OC[C@@H](COC(=O)CCCCCCCCC)OC(=O)CCCCCCCCCCCC. The van der Waals surface area contributed by atoms with E-state index in [0.29, 0.717) is 25.7 Å². The first-order valence-corrected chi connectivity index (χ1v) is 42.7. The molecule has 0 saturated heterocycles. The first kappa shape index (κ1) is 93.1. The van der Waals surface area contributed by atoms with E-state index in [1.54, 1.807) is 0 Å². The van der Waals surface area contributed by atoms with Crippen molar-refractivity contribution in [3.05, 3.63) is 0 Å². The Morgan fingerprint density at radius 1 is 0.295 bits per heavy atom. The van der Waals surface area contributed by atoms with E-state index >= 15 is 0 Å². The molecule has 0 fully saturated rings. The topological polar surface area (TPSA) is 237 Å². The van der Waals surface area contributed by atoms with Crippen LogP contribution < -0.4 is 0 Å². The molecule has 0 spiro atoms. The van der Waals surface area contributed by atoms with Crippen molar-refractivity contribution in [1.82, 2.24) is 0 Å². The second kappa shape index (κ2) is 69.2. The van der Waals surface area contributed by atoms with Gasteiger partial charge in [0.1, 0.15) is 19.3 Å². The molecule has 0 aliphatic rings. The molecular weight excluding hydrogens is 1250 g/mol. The van der Waals surface area contributed by atoms with Crippen LogP contribution in [0.25, 0.3) is 0 Å². The van der Waals surface area contributed by atoms with Crippen molar-refractivity contribution < 1.29 is 80.2 Å². The van der Waals surface area contributed by atoms with E-state index in [2.05, 4.69) is 34.6 Å². The molecule has 17 nitrogen and oxygen atoms in total. The van der Waals surface area contributed by atoms with Gasteiger partial charge < -0.3 is 33.8 Å². The molecule has 0 radical (unpaired) electrons. The Bertz CT molecular complexity index is 1820. The van der Waals surface area contributed by atoms with E-state index in [0.717, 1.165) is 109 Å². The number of carbonyl (C=O) groups excluding carboxylic acids is 4. The zero-order chi connectivity index (χ0) is 69.8. The van der Waals surface area contributed by atoms with Crippen molar-refractivity contribution in [2.24, 2.45) is 5.92 Å². The Kier molecular flexibility index (Phi) is 67.7. The van der Waals surface area contributed by atoms with Crippen LogP contribution in [0.1, 0.15) is 401 Å². The highest BCUT2D eigenvalue weighted by atomic mass is 31.2. The van der Waals surface area contributed by atoms with Gasteiger partial charge in [0.05, 0.1) is 26.4 Å². The minimum atomic E-state index is -4.96. The number of aliphatic hydroxyl groups is 1. The van der Waals surface area contributed by atoms with Crippen LogP contribution in [-0.4, -0.2) is 96.7 Å². The summed E-state index contributed by atoms with van der Waals surface area (Å²) < 4.78 is 68.4. The molecule has 0 saturated carbocycles. The molecule has 95 heavy (non-hydrogen) atoms. The van der Waals surface area contributed by atoms with Gasteiger partial charge in [0.15, 0.2) is 12.2 Å². The van der Waals surface area contributed by atoms with Crippen LogP contribution in [0.5, 0.6) is 0 Å². The number of hydrogen-bond donors (Lipinski definition) is 3. The fourth-order valence-corrected chi connectivity index (χ4v) is 13.3. The summed E-state index contributed by atoms with van der Waals surface area (Å²) in [6.45, 7) is 7.29. The van der Waals surface area contributed by atoms with Crippen molar-refractivity contribution >= 4 is 39.5 Å². The maximum Gasteiger partial charge on any atom is 0.472 e. The van der Waals surface area contributed by atoms with Crippen LogP contribution in [-0.2, 0) is 65.4 Å². The first-order valence-electron chi connectivity index (χ1n) is 39.7. The Morgan fingerprint density at radius 2 is 0.505 bits per heavy atom. The molecular formula is C76H148O17P2. The predicted octanol–water partition coefficient (Wildman–Crippen LogP) is 22.5. The van der Waals surface area contributed by atoms with Gasteiger partial charge >= 0.3 is 39.5 Å². The summed E-state index contributed by atoms with van der Waals surface area (Å²) in [6, 6.07) is 0. The number of hydrogen-bond acceptors (Lipinski definition) is 15. The zero-order valence-electron chi connectivity index (χ0n) is 61.8. The molecule has 0 aromatic heterocycles. The molecule has 564 valence electrons. The molecule has 3 unspecified atom stereocenters. The lowest BCUT2D eigenvalue weighted by Gasteiger charge is -2.21. The third-order valence-electron chi connectivity index (χ3n) is 18.1. The maximum absolute atomic E-state index is 13.1. The van der Waals surface area contributed by atoms with Crippen molar-refractivity contribution in [3.63, 3.8) is 0 Å². The van der Waals surface area contributed by atoms with Crippen LogP contribution in [0.4, 0.5) is 0 Å². The normalized spacial score (nSPS) is 14.2. The highest BCUT2D eigenvalue weighted by Crippen LogP contribution is 2.45. The van der Waals surface area contributed by atoms with E-state index in [9.17, 15) is 43.2 Å². The van der Waals surface area contributed by atoms with E-state index in [4.69, 9.17) is 37.0 Å². The second-order valence-electron chi connectivity index (χ2n) is 27.6. The van der Waals surface area contributed by atoms with Crippen LogP contribution in [0, 0.1) is 5.92 Å². The lowest BCUT2D eigenvalue weighted by atomic mass is 9.99. The monoisotopic (exact) mass is 1400 g/mol. The average Bonchev–Trinajstić information content (AvgIpc) is 1.76. The highest BCUT2D eigenvalue weighted by molar-refractivity contribution is 7.47. The number of esters is 4. The predicted molar refractivity (Wildman–Crippen MR) is 386 cm³/mol. The molecule has 6 atom stereocenters. The van der Waals surface area contributed by atoms with Gasteiger partial charge in [-0.15, -0.1) is 0 Å². The molecule has 0 aromatic rings. The number of phosphoric acid groups is 2. The van der Waals surface area contributed by atoms with E-state index in [1.165, 1.54) is 212 Å². The number of aliphatic hydroxyl groups excluding tert-OH is 1. The molecule has 0 bridgehead atoms. The summed E-state index contributed by atoms with van der Waals surface area (Å²) in [5, 5.41) is 10.6. The largest absolute Gasteiger partial charge is 0.472 e. The van der Waals surface area contributed by atoms with Crippen LogP contribution >= 0.6 is 15.6 Å². The summed E-state index contributed by atoms with van der Waals surface area (Å²) >= 11 is 0. The lowest BCUT2D eigenvalue weighted by molar-refractivity contribution is -0.161. The molecule has 0 amide bonds. The van der Waals surface area contributed by atoms with E-state index in [-0.39, 0.29) is 25.7 Å². The molecule has 0 aliphatic carbocycles. The van der Waals surface area contributed by atoms with Gasteiger partial charge in [-0.25, -0.2) is 9.13 Å². The Labute approximate surface area is 581 Å². The first-order chi connectivity index (χ1) is 46.1. The van der Waals surface area contributed by atoms with Gasteiger partial charge in [-0.05, 0) is 31.6 Å². The molecule has 0 heterocycles. The number of ether oxygens (including phenoxy) is 4. The highest BCUT2D eigenvalue weighted by Gasteiger charge is 2.30. The third-order valence-corrected chi connectivity index (χ3v) is 20.0. The fourth-order valence-electron chi connectivity index (χ4n) is 11.7. The van der Waals surface area contributed by atoms with Crippen LogP contribution in [0.3, 0.4) is 0 Å². The summed E-state index contributed by atoms with van der Waals surface area (Å²) in [4.78, 5) is 72.6. The number of unbranched alkanes of at least 4 members (excludes halogenated alkanes) is 47. The molecule has 0 rings (SSSR count). The standard InChI is InChI=1S/C76H148O17P2/c1-6-10-13-16-19-21-23-24-25-26-27-28-29-30-35-38-42-47-52-57-62-76(81)93-72(66-87-74(79)60-55-50-45-41-37-34-32-31-33-36-39-44-48-53-58-69(5)9-4)68-91-95(84,85)89-64-70(77)63-88-94(82,83)90-67-71(65-86-73(78)59-54-49-43-18-15-12-8-3)92-75(80)61-56-51-46-40-22-20-17-14-11-7-2/h69-72,77H,6-68H2,1-5H3,(H,82,83)(H,84,85)/t69?,70-,71+,72+/m0/s1. The van der Waals surface area contributed by atoms with Crippen molar-refractivity contribution in [2.75, 3.05) is 39.6 Å². The second-order valence-corrected chi connectivity index (χ2v) is 30.5. The minimum Gasteiger partial charge on any atom is -0.462 e. The van der Waals surface area contributed by atoms with Gasteiger partial charge in [0.25, 0.3) is 0 Å². The number of rotatable bonds is 76. The van der Waals surface area contributed by atoms with E-state index in [1.807, 2.05) is 0 Å². The quantitative estimate of drug-likeness (QED) is 0.0222. The summed E-state index contributed by atoms with van der Waals surface area (Å²) in [5.74, 6) is -1.27. The van der Waals surface area contributed by atoms with Gasteiger partial charge in [-0.3, -0.25) is 37.3 Å². The molecule has 0 aromatic carbocycles. The lowest BCUT2D eigenvalue weighted by Crippen LogP contribution is -2.30. The van der Waals surface area contributed by atoms with E-state index < -0.39 is 97.5 Å². The van der Waals surface area contributed by atoms with Gasteiger partial charge in [0.2, 0.25) is 0 Å². The van der Waals surface area contributed by atoms with Crippen molar-refractivity contribution in [2.45, 2.75) is 419 Å². The molecule has 0 aliphatic heterocycles. The van der Waals surface area contributed by atoms with Gasteiger partial charge in [-0.1, -0.05) is 349 Å². The number of carbonyl (C=O) groups is 4. The fraction of sp³-hybridized carbons (Fsp3) is 0.947. The Morgan fingerprint density at radius 3 is 0.747 bits per heavy atom. The summed E-state index contributed by atoms with van der Waals surface area (Å²) in [6.07, 6.45) is 58.4. The molecule has 19 heteroatoms. The van der Waals surface area contributed by atoms with Gasteiger partial charge in [-0.2, -0.15) is 0 Å². The van der Waals surface area contributed by atoms with Crippen LogP contribution in [0.2, 0.25) is 0 Å². The van der Waals surface area contributed by atoms with Crippen LogP contribution in [0.15, 0.2) is 0 Å².